The first-order valence-electron chi connectivity index (χ1n) is 9.10. The minimum Gasteiger partial charge on any atom is -0.497 e. The maximum Gasteiger partial charge on any atom is 0.282 e. The van der Waals surface area contributed by atoms with Crippen LogP contribution in [0.15, 0.2) is 62.9 Å². The molecule has 3 rings (SSSR count). The summed E-state index contributed by atoms with van der Waals surface area (Å²) in [6.07, 6.45) is 6.20. The molecule has 0 amide bonds. The maximum absolute atomic E-state index is 13.0. The van der Waals surface area contributed by atoms with Gasteiger partial charge in [-0.1, -0.05) is 48.0 Å². The molecule has 0 saturated carbocycles. The summed E-state index contributed by atoms with van der Waals surface area (Å²) in [5, 5.41) is 4.93. The Morgan fingerprint density at radius 3 is 2.68 bits per heavy atom. The molecule has 0 fully saturated rings. The Hall–Kier alpha value is -2.73. The lowest BCUT2D eigenvalue weighted by Gasteiger charge is -2.13. The van der Waals surface area contributed by atoms with Crippen LogP contribution in [0.1, 0.15) is 37.6 Å². The van der Waals surface area contributed by atoms with Crippen LogP contribution >= 0.6 is 15.9 Å². The third-order valence-corrected chi connectivity index (χ3v) is 5.05. The number of benzene rings is 2. The summed E-state index contributed by atoms with van der Waals surface area (Å²) < 4.78 is 7.40. The quantitative estimate of drug-likeness (QED) is 0.494. The molecule has 3 aromatic rings. The zero-order valence-corrected chi connectivity index (χ0v) is 17.7. The van der Waals surface area contributed by atoms with Crippen LogP contribution in [0.25, 0.3) is 17.0 Å². The summed E-state index contributed by atoms with van der Waals surface area (Å²) in [5.41, 5.74) is 1.53. The second-order valence-electron chi connectivity index (χ2n) is 6.45. The molecule has 1 heterocycles. The molecule has 0 radical (unpaired) electrons. The third kappa shape index (κ3) is 4.39. The monoisotopic (exact) mass is 439 g/mol. The van der Waals surface area contributed by atoms with Gasteiger partial charge in [0.2, 0.25) is 0 Å². The van der Waals surface area contributed by atoms with Gasteiger partial charge < -0.3 is 4.74 Å². The Morgan fingerprint density at radius 1 is 1.25 bits per heavy atom. The predicted octanol–water partition coefficient (Wildman–Crippen LogP) is 5.23. The molecular formula is C22H22BrN3O2. The highest BCUT2D eigenvalue weighted by molar-refractivity contribution is 9.10. The highest BCUT2D eigenvalue weighted by Crippen LogP contribution is 2.20. The van der Waals surface area contributed by atoms with E-state index in [1.165, 1.54) is 4.68 Å². The Morgan fingerprint density at radius 2 is 2.00 bits per heavy atom. The maximum atomic E-state index is 13.0. The summed E-state index contributed by atoms with van der Waals surface area (Å²) in [6, 6.07) is 13.2. The van der Waals surface area contributed by atoms with E-state index in [2.05, 4.69) is 28.0 Å². The van der Waals surface area contributed by atoms with Gasteiger partial charge in [0.05, 0.1) is 18.0 Å². The van der Waals surface area contributed by atoms with Crippen molar-refractivity contribution in [3.8, 4) is 5.75 Å². The summed E-state index contributed by atoms with van der Waals surface area (Å²) >= 11 is 3.42. The van der Waals surface area contributed by atoms with E-state index in [4.69, 9.17) is 9.72 Å². The lowest BCUT2D eigenvalue weighted by molar-refractivity contribution is 0.415. The lowest BCUT2D eigenvalue weighted by Crippen LogP contribution is -2.23. The molecule has 144 valence electrons. The van der Waals surface area contributed by atoms with Crippen molar-refractivity contribution in [1.82, 2.24) is 9.66 Å². The van der Waals surface area contributed by atoms with Crippen LogP contribution in [0, 0.1) is 0 Å². The van der Waals surface area contributed by atoms with Crippen molar-refractivity contribution in [3.05, 3.63) is 74.8 Å². The minimum absolute atomic E-state index is 0.114. The zero-order chi connectivity index (χ0) is 20.1. The normalized spacial score (nSPS) is 12.9. The number of rotatable bonds is 6. The highest BCUT2D eigenvalue weighted by Gasteiger charge is 2.15. The Kier molecular flexibility index (Phi) is 6.41. The van der Waals surface area contributed by atoms with Crippen LogP contribution in [0.2, 0.25) is 0 Å². The first-order valence-corrected chi connectivity index (χ1v) is 9.90. The van der Waals surface area contributed by atoms with Gasteiger partial charge in [0.15, 0.2) is 0 Å². The number of aromatic nitrogens is 2. The molecule has 1 atom stereocenters. The summed E-state index contributed by atoms with van der Waals surface area (Å²) in [7, 11) is 1.64. The lowest BCUT2D eigenvalue weighted by atomic mass is 10.1. The van der Waals surface area contributed by atoms with E-state index in [9.17, 15) is 4.79 Å². The van der Waals surface area contributed by atoms with E-state index in [-0.39, 0.29) is 11.5 Å². The van der Waals surface area contributed by atoms with Crippen LogP contribution < -0.4 is 10.3 Å². The number of methoxy groups -OCH3 is 1. The third-order valence-electron chi connectivity index (χ3n) is 4.56. The fourth-order valence-electron chi connectivity index (χ4n) is 2.75. The first kappa shape index (κ1) is 20.0. The summed E-state index contributed by atoms with van der Waals surface area (Å²) in [6.45, 7) is 4.12. The molecule has 28 heavy (non-hydrogen) atoms. The van der Waals surface area contributed by atoms with Crippen molar-refractivity contribution >= 4 is 39.1 Å². The van der Waals surface area contributed by atoms with Gasteiger partial charge in [0.1, 0.15) is 11.6 Å². The molecule has 2 aromatic carbocycles. The van der Waals surface area contributed by atoms with Crippen molar-refractivity contribution in [2.45, 2.75) is 26.2 Å². The number of hydrogen-bond acceptors (Lipinski definition) is 4. The topological polar surface area (TPSA) is 56.5 Å². The largest absolute Gasteiger partial charge is 0.497 e. The van der Waals surface area contributed by atoms with Crippen LogP contribution in [-0.2, 0) is 0 Å². The van der Waals surface area contributed by atoms with Crippen molar-refractivity contribution in [2.75, 3.05) is 7.11 Å². The second kappa shape index (κ2) is 8.97. The van der Waals surface area contributed by atoms with E-state index in [1.807, 2.05) is 49.4 Å². The van der Waals surface area contributed by atoms with E-state index in [0.717, 1.165) is 22.2 Å². The van der Waals surface area contributed by atoms with Crippen molar-refractivity contribution in [2.24, 2.45) is 5.10 Å². The van der Waals surface area contributed by atoms with Crippen LogP contribution in [0.5, 0.6) is 5.75 Å². The Balaban J connectivity index is 1.97. The number of halogens is 1. The molecule has 0 bridgehead atoms. The molecule has 0 aliphatic carbocycles. The molecule has 0 aliphatic rings. The molecular weight excluding hydrogens is 418 g/mol. The average molecular weight is 440 g/mol. The van der Waals surface area contributed by atoms with E-state index in [1.54, 1.807) is 25.5 Å². The van der Waals surface area contributed by atoms with Crippen molar-refractivity contribution < 1.29 is 4.74 Å². The first-order chi connectivity index (χ1) is 13.5. The fraction of sp³-hybridized carbons (Fsp3) is 0.227. The van der Waals surface area contributed by atoms with Gasteiger partial charge in [-0.3, -0.25) is 4.79 Å². The minimum atomic E-state index is -0.171. The molecule has 6 heteroatoms. The van der Waals surface area contributed by atoms with Gasteiger partial charge in [-0.15, -0.1) is 0 Å². The SMILES string of the molecule is CC[C@@H](C)c1nc2ccc(Br)cc2c(=O)n1N=C/C=C/c1ccc(OC)cc1. The number of fused-ring (bicyclic) bond motifs is 1. The number of hydrogen-bond donors (Lipinski definition) is 0. The number of ether oxygens (including phenoxy) is 1. The standard InChI is InChI=1S/C22H22BrN3O2/c1-4-15(2)21-25-20-12-9-17(23)14-19(20)22(27)26(21)24-13-5-6-16-7-10-18(28-3)11-8-16/h5-15H,4H2,1-3H3/b6-5+,24-13?/t15-/m1/s1. The smallest absolute Gasteiger partial charge is 0.282 e. The summed E-state index contributed by atoms with van der Waals surface area (Å²) in [4.78, 5) is 17.7. The van der Waals surface area contributed by atoms with Gasteiger partial charge in [-0.2, -0.15) is 9.78 Å². The zero-order valence-electron chi connectivity index (χ0n) is 16.1. The fourth-order valence-corrected chi connectivity index (χ4v) is 3.11. The second-order valence-corrected chi connectivity index (χ2v) is 7.37. The van der Waals surface area contributed by atoms with E-state index in [0.29, 0.717) is 16.7 Å². The Labute approximate surface area is 172 Å². The van der Waals surface area contributed by atoms with Gasteiger partial charge in [-0.25, -0.2) is 4.98 Å². The van der Waals surface area contributed by atoms with Crippen LogP contribution in [0.3, 0.4) is 0 Å². The number of nitrogens with zero attached hydrogens (tertiary/aromatic N) is 3. The van der Waals surface area contributed by atoms with E-state index < -0.39 is 0 Å². The van der Waals surface area contributed by atoms with Gasteiger partial charge in [-0.05, 0) is 48.4 Å². The van der Waals surface area contributed by atoms with Gasteiger partial charge >= 0.3 is 0 Å². The van der Waals surface area contributed by atoms with Crippen molar-refractivity contribution in [3.63, 3.8) is 0 Å². The molecule has 0 unspecified atom stereocenters. The van der Waals surface area contributed by atoms with Crippen LogP contribution in [0.4, 0.5) is 0 Å². The van der Waals surface area contributed by atoms with E-state index >= 15 is 0 Å². The van der Waals surface area contributed by atoms with Gasteiger partial charge in [0, 0.05) is 16.6 Å². The average Bonchev–Trinajstić information content (AvgIpc) is 2.72. The Bertz CT molecular complexity index is 1090. The van der Waals surface area contributed by atoms with Gasteiger partial charge in [0.25, 0.3) is 5.56 Å². The molecule has 1 aromatic heterocycles. The molecule has 0 N–H and O–H groups in total. The van der Waals surface area contributed by atoms with Crippen molar-refractivity contribution in [1.29, 1.82) is 0 Å². The van der Waals surface area contributed by atoms with Crippen LogP contribution in [-0.4, -0.2) is 23.0 Å². The molecule has 0 aliphatic heterocycles. The number of allylic oxidation sites excluding steroid dienone is 1. The highest BCUT2D eigenvalue weighted by atomic mass is 79.9. The molecule has 0 saturated heterocycles. The predicted molar refractivity (Wildman–Crippen MR) is 118 cm³/mol. The molecule has 0 spiro atoms. The molecule has 5 nitrogen and oxygen atoms in total. The summed E-state index contributed by atoms with van der Waals surface area (Å²) in [5.74, 6) is 1.59.